The van der Waals surface area contributed by atoms with Gasteiger partial charge in [0.1, 0.15) is 11.6 Å². The predicted molar refractivity (Wildman–Crippen MR) is 69.4 cm³/mol. The topological polar surface area (TPSA) is 12.0 Å². The Hall–Kier alpha value is -0.960. The average molecular weight is 253 g/mol. The van der Waals surface area contributed by atoms with E-state index in [0.29, 0.717) is 23.0 Å². The highest BCUT2D eigenvalue weighted by molar-refractivity contribution is 5.28. The van der Waals surface area contributed by atoms with Crippen molar-refractivity contribution in [2.75, 3.05) is 6.54 Å². The molecular formula is C15H21F2N. The Morgan fingerprint density at radius 2 is 1.94 bits per heavy atom. The maximum atomic E-state index is 14.0. The first kappa shape index (κ1) is 13.5. The van der Waals surface area contributed by atoms with Crippen LogP contribution in [0.5, 0.6) is 0 Å². The van der Waals surface area contributed by atoms with Gasteiger partial charge in [-0.2, -0.15) is 0 Å². The van der Waals surface area contributed by atoms with Crippen molar-refractivity contribution in [3.8, 4) is 0 Å². The monoisotopic (exact) mass is 253 g/mol. The summed E-state index contributed by atoms with van der Waals surface area (Å²) < 4.78 is 27.7. The lowest BCUT2D eigenvalue weighted by molar-refractivity contribution is 0.344. The van der Waals surface area contributed by atoms with Crippen LogP contribution >= 0.6 is 0 Å². The highest BCUT2D eigenvalue weighted by Crippen LogP contribution is 2.43. The molecule has 3 heteroatoms. The molecule has 1 aromatic rings. The molecule has 0 spiro atoms. The lowest BCUT2D eigenvalue weighted by Crippen LogP contribution is -2.29. The molecule has 18 heavy (non-hydrogen) atoms. The lowest BCUT2D eigenvalue weighted by atomic mass is 9.89. The molecular weight excluding hydrogens is 232 g/mol. The number of hydrogen-bond acceptors (Lipinski definition) is 1. The van der Waals surface area contributed by atoms with Crippen molar-refractivity contribution in [1.82, 2.24) is 5.32 Å². The Morgan fingerprint density at radius 1 is 1.28 bits per heavy atom. The number of rotatable bonds is 5. The number of aryl methyl sites for hydroxylation is 1. The molecule has 2 unspecified atom stereocenters. The first-order chi connectivity index (χ1) is 8.54. The maximum absolute atomic E-state index is 14.0. The van der Waals surface area contributed by atoms with E-state index in [9.17, 15) is 8.78 Å². The van der Waals surface area contributed by atoms with Crippen molar-refractivity contribution < 1.29 is 8.78 Å². The van der Waals surface area contributed by atoms with Gasteiger partial charge in [0.05, 0.1) is 0 Å². The standard InChI is InChI=1S/C15H21F2N/c1-4-18-15(10(3)11-5-6-11)12-8-13(16)9(2)7-14(12)17/h7-8,10-11,15,18H,4-6H2,1-3H3. The molecule has 0 saturated heterocycles. The van der Waals surface area contributed by atoms with Gasteiger partial charge < -0.3 is 5.32 Å². The van der Waals surface area contributed by atoms with Crippen LogP contribution in [-0.2, 0) is 0 Å². The van der Waals surface area contributed by atoms with Crippen LogP contribution in [0.1, 0.15) is 43.9 Å². The number of benzene rings is 1. The van der Waals surface area contributed by atoms with Gasteiger partial charge in [-0.15, -0.1) is 0 Å². The van der Waals surface area contributed by atoms with E-state index in [-0.39, 0.29) is 17.7 Å². The second-order valence-electron chi connectivity index (χ2n) is 5.35. The van der Waals surface area contributed by atoms with E-state index in [0.717, 1.165) is 6.54 Å². The van der Waals surface area contributed by atoms with Gasteiger partial charge in [-0.1, -0.05) is 13.8 Å². The molecule has 0 radical (unpaired) electrons. The van der Waals surface area contributed by atoms with Gasteiger partial charge in [0.25, 0.3) is 0 Å². The highest BCUT2D eigenvalue weighted by atomic mass is 19.1. The van der Waals surface area contributed by atoms with E-state index in [1.165, 1.54) is 25.0 Å². The smallest absolute Gasteiger partial charge is 0.128 e. The van der Waals surface area contributed by atoms with Crippen molar-refractivity contribution in [2.24, 2.45) is 11.8 Å². The Morgan fingerprint density at radius 3 is 2.50 bits per heavy atom. The Bertz CT molecular complexity index is 427. The largest absolute Gasteiger partial charge is 0.310 e. The first-order valence-electron chi connectivity index (χ1n) is 6.73. The molecule has 1 aliphatic rings. The zero-order valence-electron chi connectivity index (χ0n) is 11.3. The molecule has 1 fully saturated rings. The Kier molecular flexibility index (Phi) is 4.00. The summed E-state index contributed by atoms with van der Waals surface area (Å²) in [4.78, 5) is 0. The third-order valence-electron chi connectivity index (χ3n) is 3.93. The summed E-state index contributed by atoms with van der Waals surface area (Å²) in [7, 11) is 0. The van der Waals surface area contributed by atoms with Crippen molar-refractivity contribution in [3.63, 3.8) is 0 Å². The predicted octanol–water partition coefficient (Wildman–Crippen LogP) is 3.97. The number of halogens is 2. The number of hydrogen-bond donors (Lipinski definition) is 1. The summed E-state index contributed by atoms with van der Waals surface area (Å²) in [5, 5.41) is 3.30. The average Bonchev–Trinajstić information content (AvgIpc) is 3.14. The minimum Gasteiger partial charge on any atom is -0.310 e. The normalized spacial score (nSPS) is 18.7. The highest BCUT2D eigenvalue weighted by Gasteiger charge is 2.34. The second kappa shape index (κ2) is 5.35. The van der Waals surface area contributed by atoms with E-state index in [1.54, 1.807) is 6.92 Å². The van der Waals surface area contributed by atoms with Crippen molar-refractivity contribution in [3.05, 3.63) is 34.9 Å². The quantitative estimate of drug-likeness (QED) is 0.837. The summed E-state index contributed by atoms with van der Waals surface area (Å²) in [5.74, 6) is 0.379. The lowest BCUT2D eigenvalue weighted by Gasteiger charge is -2.26. The molecule has 2 rings (SSSR count). The van der Waals surface area contributed by atoms with Crippen LogP contribution in [0.15, 0.2) is 12.1 Å². The van der Waals surface area contributed by atoms with Crippen LogP contribution in [-0.4, -0.2) is 6.54 Å². The van der Waals surface area contributed by atoms with Gasteiger partial charge in [-0.05, 0) is 55.8 Å². The van der Waals surface area contributed by atoms with E-state index in [1.807, 2.05) is 6.92 Å². The maximum Gasteiger partial charge on any atom is 0.128 e. The first-order valence-corrected chi connectivity index (χ1v) is 6.73. The zero-order valence-corrected chi connectivity index (χ0v) is 11.3. The van der Waals surface area contributed by atoms with Gasteiger partial charge >= 0.3 is 0 Å². The van der Waals surface area contributed by atoms with E-state index >= 15 is 0 Å². The fourth-order valence-electron chi connectivity index (χ4n) is 2.59. The Balaban J connectivity index is 2.32. The third-order valence-corrected chi connectivity index (χ3v) is 3.93. The Labute approximate surface area is 108 Å². The summed E-state index contributed by atoms with van der Waals surface area (Å²) in [6.45, 7) is 6.47. The fraction of sp³-hybridized carbons (Fsp3) is 0.600. The van der Waals surface area contributed by atoms with Crippen LogP contribution in [0.2, 0.25) is 0 Å². The second-order valence-corrected chi connectivity index (χ2v) is 5.35. The SMILES string of the molecule is CCNC(c1cc(F)c(C)cc1F)C(C)C1CC1. The van der Waals surface area contributed by atoms with Gasteiger partial charge in [0.2, 0.25) is 0 Å². The molecule has 0 amide bonds. The van der Waals surface area contributed by atoms with E-state index < -0.39 is 0 Å². The van der Waals surface area contributed by atoms with Crippen molar-refractivity contribution >= 4 is 0 Å². The number of nitrogens with one attached hydrogen (secondary N) is 1. The van der Waals surface area contributed by atoms with Crippen LogP contribution in [0, 0.1) is 30.4 Å². The van der Waals surface area contributed by atoms with Crippen LogP contribution in [0.25, 0.3) is 0 Å². The molecule has 2 atom stereocenters. The third kappa shape index (κ3) is 2.72. The van der Waals surface area contributed by atoms with Gasteiger partial charge in [0, 0.05) is 11.6 Å². The summed E-state index contributed by atoms with van der Waals surface area (Å²) in [6, 6.07) is 2.57. The van der Waals surface area contributed by atoms with Crippen LogP contribution in [0.3, 0.4) is 0 Å². The summed E-state index contributed by atoms with van der Waals surface area (Å²) >= 11 is 0. The van der Waals surface area contributed by atoms with Crippen LogP contribution < -0.4 is 5.32 Å². The van der Waals surface area contributed by atoms with Gasteiger partial charge in [-0.3, -0.25) is 0 Å². The zero-order chi connectivity index (χ0) is 13.3. The molecule has 100 valence electrons. The molecule has 1 aromatic carbocycles. The minimum absolute atomic E-state index is 0.0856. The van der Waals surface area contributed by atoms with E-state index in [4.69, 9.17) is 0 Å². The molecule has 1 nitrogen and oxygen atoms in total. The molecule has 0 aliphatic heterocycles. The van der Waals surface area contributed by atoms with Crippen molar-refractivity contribution in [1.29, 1.82) is 0 Å². The summed E-state index contributed by atoms with van der Waals surface area (Å²) in [5.41, 5.74) is 0.838. The fourth-order valence-corrected chi connectivity index (χ4v) is 2.59. The molecule has 1 aliphatic carbocycles. The van der Waals surface area contributed by atoms with Crippen molar-refractivity contribution in [2.45, 2.75) is 39.7 Å². The van der Waals surface area contributed by atoms with Gasteiger partial charge in [-0.25, -0.2) is 8.78 Å². The molecule has 1 saturated carbocycles. The molecule has 1 N–H and O–H groups in total. The summed E-state index contributed by atoms with van der Waals surface area (Å²) in [6.07, 6.45) is 2.41. The van der Waals surface area contributed by atoms with E-state index in [2.05, 4.69) is 12.2 Å². The minimum atomic E-state index is -0.322. The molecule has 0 aromatic heterocycles. The molecule has 0 bridgehead atoms. The molecule has 0 heterocycles. The van der Waals surface area contributed by atoms with Crippen LogP contribution in [0.4, 0.5) is 8.78 Å². The van der Waals surface area contributed by atoms with Gasteiger partial charge in [0.15, 0.2) is 0 Å².